The van der Waals surface area contributed by atoms with Crippen LogP contribution in [0.15, 0.2) is 24.3 Å². The predicted molar refractivity (Wildman–Crippen MR) is 86.4 cm³/mol. The first-order chi connectivity index (χ1) is 11.9. The fourth-order valence-electron chi connectivity index (χ4n) is 2.94. The molecular formula is C16H20N2O7. The van der Waals surface area contributed by atoms with Gasteiger partial charge in [-0.25, -0.2) is 0 Å². The summed E-state index contributed by atoms with van der Waals surface area (Å²) in [6, 6.07) is 5.77. The van der Waals surface area contributed by atoms with Crippen LogP contribution in [-0.2, 0) is 14.3 Å². The molecule has 1 fully saturated rings. The summed E-state index contributed by atoms with van der Waals surface area (Å²) in [6.07, 6.45) is 0.956. The molecule has 1 atom stereocenters. The van der Waals surface area contributed by atoms with Gasteiger partial charge in [-0.05, 0) is 18.9 Å². The number of amides is 1. The molecule has 9 nitrogen and oxygen atoms in total. The first-order valence-electron chi connectivity index (χ1n) is 7.76. The van der Waals surface area contributed by atoms with Gasteiger partial charge in [0.05, 0.1) is 11.5 Å². The van der Waals surface area contributed by atoms with Gasteiger partial charge in [-0.2, -0.15) is 0 Å². The van der Waals surface area contributed by atoms with Crippen molar-refractivity contribution in [1.82, 2.24) is 4.90 Å². The third kappa shape index (κ3) is 4.24. The Morgan fingerprint density at radius 2 is 2.12 bits per heavy atom. The maximum Gasteiger partial charge on any atom is 0.313 e. The number of methoxy groups -OCH3 is 1. The molecule has 0 saturated carbocycles. The summed E-state index contributed by atoms with van der Waals surface area (Å²) in [5, 5.41) is 20.5. The minimum Gasteiger partial charge on any atom is -0.481 e. The van der Waals surface area contributed by atoms with Crippen molar-refractivity contribution < 1.29 is 29.1 Å². The van der Waals surface area contributed by atoms with E-state index in [0.717, 1.165) is 0 Å². The molecule has 0 aromatic heterocycles. The summed E-state index contributed by atoms with van der Waals surface area (Å²) in [6.45, 7) is 0.0533. The van der Waals surface area contributed by atoms with E-state index in [9.17, 15) is 24.8 Å². The monoisotopic (exact) mass is 352 g/mol. The molecule has 9 heteroatoms. The number of ether oxygens (including phenoxy) is 2. The van der Waals surface area contributed by atoms with Crippen LogP contribution >= 0.6 is 0 Å². The third-order valence-electron chi connectivity index (χ3n) is 4.22. The van der Waals surface area contributed by atoms with Crippen LogP contribution in [0.3, 0.4) is 0 Å². The van der Waals surface area contributed by atoms with Crippen molar-refractivity contribution in [2.24, 2.45) is 5.41 Å². The number of hydrogen-bond donors (Lipinski definition) is 1. The number of benzene rings is 1. The van der Waals surface area contributed by atoms with Gasteiger partial charge in [0, 0.05) is 26.3 Å². The van der Waals surface area contributed by atoms with Crippen LogP contribution in [0.4, 0.5) is 5.69 Å². The normalized spacial score (nSPS) is 20.1. The smallest absolute Gasteiger partial charge is 0.313 e. The quantitative estimate of drug-likeness (QED) is 0.580. The van der Waals surface area contributed by atoms with Crippen molar-refractivity contribution in [2.45, 2.75) is 12.8 Å². The van der Waals surface area contributed by atoms with E-state index in [2.05, 4.69) is 0 Å². The van der Waals surface area contributed by atoms with E-state index in [0.29, 0.717) is 19.4 Å². The SMILES string of the molecule is COCC1(C(=O)O)CCCN(C(=O)COc2ccccc2[N+](=O)[O-])C1. The van der Waals surface area contributed by atoms with Gasteiger partial charge in [0.1, 0.15) is 5.41 Å². The van der Waals surface area contributed by atoms with Crippen molar-refractivity contribution in [3.8, 4) is 5.75 Å². The number of para-hydroxylation sites is 2. The van der Waals surface area contributed by atoms with Crippen LogP contribution < -0.4 is 4.74 Å². The van der Waals surface area contributed by atoms with E-state index < -0.39 is 28.8 Å². The van der Waals surface area contributed by atoms with Gasteiger partial charge in [-0.15, -0.1) is 0 Å². The molecule has 1 aromatic rings. The Kier molecular flexibility index (Phi) is 5.92. The zero-order valence-electron chi connectivity index (χ0n) is 13.8. The second kappa shape index (κ2) is 7.93. The molecule has 1 saturated heterocycles. The molecule has 1 N–H and O–H groups in total. The van der Waals surface area contributed by atoms with E-state index in [-0.39, 0.29) is 24.6 Å². The summed E-state index contributed by atoms with van der Waals surface area (Å²) >= 11 is 0. The fraction of sp³-hybridized carbons (Fsp3) is 0.500. The Morgan fingerprint density at radius 1 is 1.40 bits per heavy atom. The number of nitrogens with zero attached hydrogens (tertiary/aromatic N) is 2. The lowest BCUT2D eigenvalue weighted by atomic mass is 9.80. The molecule has 136 valence electrons. The van der Waals surface area contributed by atoms with E-state index in [1.54, 1.807) is 6.07 Å². The molecule has 1 aliphatic rings. The fourth-order valence-corrected chi connectivity index (χ4v) is 2.94. The number of rotatable bonds is 7. The van der Waals surface area contributed by atoms with E-state index >= 15 is 0 Å². The molecule has 25 heavy (non-hydrogen) atoms. The number of nitro benzene ring substituents is 1. The number of likely N-dealkylation sites (tertiary alicyclic amines) is 1. The highest BCUT2D eigenvalue weighted by Crippen LogP contribution is 2.31. The Morgan fingerprint density at radius 3 is 2.76 bits per heavy atom. The topological polar surface area (TPSA) is 119 Å². The molecule has 1 aliphatic heterocycles. The average molecular weight is 352 g/mol. The van der Waals surface area contributed by atoms with Gasteiger partial charge in [-0.1, -0.05) is 12.1 Å². The summed E-state index contributed by atoms with van der Waals surface area (Å²) in [4.78, 5) is 35.7. The minimum absolute atomic E-state index is 0.000696. The maximum absolute atomic E-state index is 12.4. The van der Waals surface area contributed by atoms with Crippen LogP contribution in [0, 0.1) is 15.5 Å². The van der Waals surface area contributed by atoms with Crippen LogP contribution in [-0.4, -0.2) is 60.2 Å². The van der Waals surface area contributed by atoms with Gasteiger partial charge < -0.3 is 19.5 Å². The second-order valence-corrected chi connectivity index (χ2v) is 5.95. The Bertz CT molecular complexity index is 660. The summed E-state index contributed by atoms with van der Waals surface area (Å²) < 4.78 is 10.3. The third-order valence-corrected chi connectivity index (χ3v) is 4.22. The molecule has 0 bridgehead atoms. The molecule has 0 radical (unpaired) electrons. The number of carbonyl (C=O) groups excluding carboxylic acids is 1. The number of piperidine rings is 1. The number of carboxylic acid groups (broad SMARTS) is 1. The van der Waals surface area contributed by atoms with Gasteiger partial charge in [0.25, 0.3) is 5.91 Å². The summed E-state index contributed by atoms with van der Waals surface area (Å²) in [7, 11) is 1.42. The van der Waals surface area contributed by atoms with Gasteiger partial charge in [0.15, 0.2) is 12.4 Å². The zero-order chi connectivity index (χ0) is 18.4. The van der Waals surface area contributed by atoms with Crippen molar-refractivity contribution in [2.75, 3.05) is 33.4 Å². The first-order valence-corrected chi connectivity index (χ1v) is 7.76. The highest BCUT2D eigenvalue weighted by atomic mass is 16.6. The molecule has 0 aliphatic carbocycles. The number of carbonyl (C=O) groups is 2. The Balaban J connectivity index is 2.04. The van der Waals surface area contributed by atoms with E-state index in [1.165, 1.54) is 30.2 Å². The molecule has 2 rings (SSSR count). The highest BCUT2D eigenvalue weighted by Gasteiger charge is 2.43. The highest BCUT2D eigenvalue weighted by molar-refractivity contribution is 5.81. The number of carboxylic acids is 1. The molecule has 1 amide bonds. The predicted octanol–water partition coefficient (Wildman–Crippen LogP) is 1.31. The van der Waals surface area contributed by atoms with E-state index in [1.807, 2.05) is 0 Å². The Labute approximate surface area is 144 Å². The summed E-state index contributed by atoms with van der Waals surface area (Å²) in [5.74, 6) is -1.43. The van der Waals surface area contributed by atoms with Crippen LogP contribution in [0.25, 0.3) is 0 Å². The molecular weight excluding hydrogens is 332 g/mol. The number of nitro groups is 1. The molecule has 1 heterocycles. The Hall–Kier alpha value is -2.68. The molecule has 0 spiro atoms. The van der Waals surface area contributed by atoms with Gasteiger partial charge in [-0.3, -0.25) is 19.7 Å². The molecule has 1 aromatic carbocycles. The lowest BCUT2D eigenvalue weighted by Gasteiger charge is -2.39. The van der Waals surface area contributed by atoms with Crippen LogP contribution in [0.2, 0.25) is 0 Å². The number of aliphatic carboxylic acids is 1. The van der Waals surface area contributed by atoms with Crippen LogP contribution in [0.1, 0.15) is 12.8 Å². The van der Waals surface area contributed by atoms with Crippen LogP contribution in [0.5, 0.6) is 5.75 Å². The maximum atomic E-state index is 12.4. The second-order valence-electron chi connectivity index (χ2n) is 5.95. The lowest BCUT2D eigenvalue weighted by molar-refractivity contribution is -0.385. The van der Waals surface area contributed by atoms with Gasteiger partial charge in [0.2, 0.25) is 0 Å². The van der Waals surface area contributed by atoms with Crippen molar-refractivity contribution in [1.29, 1.82) is 0 Å². The largest absolute Gasteiger partial charge is 0.481 e. The first kappa shape index (κ1) is 18.7. The molecule has 1 unspecified atom stereocenters. The summed E-state index contributed by atoms with van der Waals surface area (Å²) in [5.41, 5.74) is -1.37. The zero-order valence-corrected chi connectivity index (χ0v) is 13.8. The van der Waals surface area contributed by atoms with Crippen molar-refractivity contribution >= 4 is 17.6 Å². The lowest BCUT2D eigenvalue weighted by Crippen LogP contribution is -2.53. The standard InChI is InChI=1S/C16H20N2O7/c1-24-11-16(15(20)21)7-4-8-17(10-16)14(19)9-25-13-6-3-2-5-12(13)18(22)23/h2-3,5-6H,4,7-11H2,1H3,(H,20,21). The van der Waals surface area contributed by atoms with Crippen molar-refractivity contribution in [3.05, 3.63) is 34.4 Å². The minimum atomic E-state index is -1.14. The average Bonchev–Trinajstić information content (AvgIpc) is 2.60. The van der Waals surface area contributed by atoms with Crippen molar-refractivity contribution in [3.63, 3.8) is 0 Å². The van der Waals surface area contributed by atoms with E-state index in [4.69, 9.17) is 9.47 Å². The number of hydrogen-bond acceptors (Lipinski definition) is 6. The van der Waals surface area contributed by atoms with Gasteiger partial charge >= 0.3 is 11.7 Å².